The van der Waals surface area contributed by atoms with Gasteiger partial charge in [-0.15, -0.1) is 10.2 Å². The maximum Gasteiger partial charge on any atom is 0.280 e. The average Bonchev–Trinajstić information content (AvgIpc) is 3.17. The minimum absolute atomic E-state index is 0.189. The number of ether oxygens (including phenoxy) is 2. The molecular formula is C21H21N3O3S. The van der Waals surface area contributed by atoms with E-state index < -0.39 is 0 Å². The highest BCUT2D eigenvalue weighted by atomic mass is 32.2. The van der Waals surface area contributed by atoms with Crippen LogP contribution in [0.15, 0.2) is 46.3 Å². The second kappa shape index (κ2) is 7.67. The first-order valence-electron chi connectivity index (χ1n) is 9.04. The Labute approximate surface area is 167 Å². The molecule has 144 valence electrons. The summed E-state index contributed by atoms with van der Waals surface area (Å²) in [4.78, 5) is 13.0. The van der Waals surface area contributed by atoms with Crippen LogP contribution in [-0.2, 0) is 20.1 Å². The molecular weight excluding hydrogens is 374 g/mol. The van der Waals surface area contributed by atoms with Crippen molar-refractivity contribution in [2.75, 3.05) is 12.9 Å². The van der Waals surface area contributed by atoms with Crippen molar-refractivity contribution in [3.05, 3.63) is 63.4 Å². The lowest BCUT2D eigenvalue weighted by molar-refractivity contribution is 0.304. The molecule has 6 nitrogen and oxygen atoms in total. The van der Waals surface area contributed by atoms with Crippen LogP contribution in [0.1, 0.15) is 16.7 Å². The SMILES string of the molecule is CSc1nnc(-c2c(C)cc3c(c2OCc2ccccc2)CCO3)c(=O)n1C. The van der Waals surface area contributed by atoms with Crippen LogP contribution in [0.2, 0.25) is 0 Å². The minimum atomic E-state index is -0.189. The molecule has 0 radical (unpaired) electrons. The molecule has 4 rings (SSSR count). The number of benzene rings is 2. The molecule has 0 atom stereocenters. The van der Waals surface area contributed by atoms with Gasteiger partial charge in [0.25, 0.3) is 5.56 Å². The summed E-state index contributed by atoms with van der Waals surface area (Å²) in [5.41, 5.74) is 3.73. The largest absolute Gasteiger partial charge is 0.493 e. The molecule has 1 aromatic heterocycles. The highest BCUT2D eigenvalue weighted by Crippen LogP contribution is 2.42. The van der Waals surface area contributed by atoms with Crippen LogP contribution in [0.25, 0.3) is 11.3 Å². The van der Waals surface area contributed by atoms with E-state index in [1.54, 1.807) is 7.05 Å². The zero-order valence-electron chi connectivity index (χ0n) is 16.1. The van der Waals surface area contributed by atoms with Crippen molar-refractivity contribution in [2.45, 2.75) is 25.1 Å². The van der Waals surface area contributed by atoms with Crippen LogP contribution in [0.5, 0.6) is 11.5 Å². The third-order valence-corrected chi connectivity index (χ3v) is 5.55. The van der Waals surface area contributed by atoms with E-state index in [-0.39, 0.29) is 5.56 Å². The molecule has 2 heterocycles. The molecule has 2 aromatic carbocycles. The summed E-state index contributed by atoms with van der Waals surface area (Å²) < 4.78 is 13.5. The predicted molar refractivity (Wildman–Crippen MR) is 109 cm³/mol. The molecule has 3 aromatic rings. The van der Waals surface area contributed by atoms with Gasteiger partial charge in [-0.1, -0.05) is 42.1 Å². The maximum atomic E-state index is 13.0. The Kier molecular flexibility index (Phi) is 5.09. The van der Waals surface area contributed by atoms with Gasteiger partial charge in [-0.2, -0.15) is 0 Å². The molecule has 0 fully saturated rings. The van der Waals surface area contributed by atoms with Crippen LogP contribution in [0, 0.1) is 6.92 Å². The van der Waals surface area contributed by atoms with Gasteiger partial charge in [0.05, 0.1) is 12.2 Å². The highest BCUT2D eigenvalue weighted by Gasteiger charge is 2.26. The van der Waals surface area contributed by atoms with E-state index in [0.717, 1.165) is 28.9 Å². The molecule has 7 heteroatoms. The number of aromatic nitrogens is 3. The molecule has 1 aliphatic heterocycles. The summed E-state index contributed by atoms with van der Waals surface area (Å²) in [6.45, 7) is 2.95. The Bertz CT molecular complexity index is 1080. The summed E-state index contributed by atoms with van der Waals surface area (Å²) in [6, 6.07) is 11.9. The lowest BCUT2D eigenvalue weighted by Gasteiger charge is -2.17. The maximum absolute atomic E-state index is 13.0. The van der Waals surface area contributed by atoms with Gasteiger partial charge in [-0.25, -0.2) is 0 Å². The molecule has 0 saturated heterocycles. The molecule has 0 amide bonds. The quantitative estimate of drug-likeness (QED) is 0.617. The number of nitrogens with zero attached hydrogens (tertiary/aromatic N) is 3. The van der Waals surface area contributed by atoms with Crippen LogP contribution in [0.4, 0.5) is 0 Å². The van der Waals surface area contributed by atoms with Crippen molar-refractivity contribution in [2.24, 2.45) is 7.05 Å². The Morgan fingerprint density at radius 1 is 1.25 bits per heavy atom. The Morgan fingerprint density at radius 2 is 2.04 bits per heavy atom. The molecule has 0 spiro atoms. The molecule has 28 heavy (non-hydrogen) atoms. The standard InChI is InChI=1S/C21H21N3O3S/c1-13-11-16-15(9-10-26-16)19(27-12-14-7-5-4-6-8-14)17(13)18-20(25)24(2)21(28-3)23-22-18/h4-8,11H,9-10,12H2,1-3H3. The van der Waals surface area contributed by atoms with E-state index in [0.29, 0.717) is 35.4 Å². The number of rotatable bonds is 5. The first kappa shape index (κ1) is 18.6. The van der Waals surface area contributed by atoms with Crippen LogP contribution >= 0.6 is 11.8 Å². The predicted octanol–water partition coefficient (Wildman–Crippen LogP) is 3.39. The second-order valence-electron chi connectivity index (χ2n) is 6.65. The number of thioether (sulfide) groups is 1. The van der Waals surface area contributed by atoms with Crippen LogP contribution < -0.4 is 15.0 Å². The summed E-state index contributed by atoms with van der Waals surface area (Å²) >= 11 is 1.39. The molecule has 0 saturated carbocycles. The Balaban J connectivity index is 1.85. The van der Waals surface area contributed by atoms with E-state index in [1.165, 1.54) is 16.3 Å². The van der Waals surface area contributed by atoms with Crippen molar-refractivity contribution < 1.29 is 9.47 Å². The highest BCUT2D eigenvalue weighted by molar-refractivity contribution is 7.98. The van der Waals surface area contributed by atoms with Gasteiger partial charge in [0.2, 0.25) is 0 Å². The van der Waals surface area contributed by atoms with Crippen molar-refractivity contribution in [1.82, 2.24) is 14.8 Å². The van der Waals surface area contributed by atoms with Gasteiger partial charge >= 0.3 is 0 Å². The zero-order valence-corrected chi connectivity index (χ0v) is 16.9. The molecule has 1 aliphatic rings. The topological polar surface area (TPSA) is 66.2 Å². The summed E-state index contributed by atoms with van der Waals surface area (Å²) in [5, 5.41) is 9.05. The first-order chi connectivity index (χ1) is 13.6. The monoisotopic (exact) mass is 395 g/mol. The van der Waals surface area contributed by atoms with E-state index in [2.05, 4.69) is 10.2 Å². The molecule has 0 N–H and O–H groups in total. The van der Waals surface area contributed by atoms with Crippen molar-refractivity contribution >= 4 is 11.8 Å². The zero-order chi connectivity index (χ0) is 19.7. The number of fused-ring (bicyclic) bond motifs is 1. The van der Waals surface area contributed by atoms with E-state index in [4.69, 9.17) is 9.47 Å². The second-order valence-corrected chi connectivity index (χ2v) is 7.42. The van der Waals surface area contributed by atoms with Crippen molar-refractivity contribution in [3.63, 3.8) is 0 Å². The van der Waals surface area contributed by atoms with Crippen molar-refractivity contribution in [1.29, 1.82) is 0 Å². The lowest BCUT2D eigenvalue weighted by atomic mass is 9.98. The van der Waals surface area contributed by atoms with Crippen molar-refractivity contribution in [3.8, 4) is 22.8 Å². The summed E-state index contributed by atoms with van der Waals surface area (Å²) in [5.74, 6) is 1.48. The molecule has 0 unspecified atom stereocenters. The van der Waals surface area contributed by atoms with E-state index in [1.807, 2.05) is 49.6 Å². The fourth-order valence-electron chi connectivity index (χ4n) is 3.39. The van der Waals surface area contributed by atoms with Crippen LogP contribution in [0.3, 0.4) is 0 Å². The minimum Gasteiger partial charge on any atom is -0.493 e. The number of aryl methyl sites for hydroxylation is 1. The first-order valence-corrected chi connectivity index (χ1v) is 10.3. The van der Waals surface area contributed by atoms with Gasteiger partial charge in [-0.3, -0.25) is 9.36 Å². The van der Waals surface area contributed by atoms with Gasteiger partial charge < -0.3 is 9.47 Å². The number of hydrogen-bond donors (Lipinski definition) is 0. The fourth-order valence-corrected chi connectivity index (χ4v) is 3.87. The molecule has 0 bridgehead atoms. The fraction of sp³-hybridized carbons (Fsp3) is 0.286. The molecule has 0 aliphatic carbocycles. The smallest absolute Gasteiger partial charge is 0.280 e. The third kappa shape index (κ3) is 3.26. The van der Waals surface area contributed by atoms with E-state index >= 15 is 0 Å². The Hall–Kier alpha value is -2.80. The van der Waals surface area contributed by atoms with E-state index in [9.17, 15) is 4.79 Å². The summed E-state index contributed by atoms with van der Waals surface area (Å²) in [6.07, 6.45) is 2.61. The van der Waals surface area contributed by atoms with Gasteiger partial charge in [-0.05, 0) is 30.4 Å². The van der Waals surface area contributed by atoms with Gasteiger partial charge in [0, 0.05) is 19.0 Å². The number of hydrogen-bond acceptors (Lipinski definition) is 6. The summed E-state index contributed by atoms with van der Waals surface area (Å²) in [7, 11) is 1.71. The normalized spacial score (nSPS) is 12.5. The Morgan fingerprint density at radius 3 is 2.79 bits per heavy atom. The van der Waals surface area contributed by atoms with Gasteiger partial charge in [0.1, 0.15) is 18.1 Å². The average molecular weight is 395 g/mol. The van der Waals surface area contributed by atoms with Gasteiger partial charge in [0.15, 0.2) is 10.9 Å². The lowest BCUT2D eigenvalue weighted by Crippen LogP contribution is -2.24. The third-order valence-electron chi connectivity index (χ3n) is 4.83. The van der Waals surface area contributed by atoms with Crippen LogP contribution in [-0.4, -0.2) is 27.6 Å².